The first kappa shape index (κ1) is 19.6. The van der Waals surface area contributed by atoms with Crippen LogP contribution in [0.25, 0.3) is 0 Å². The van der Waals surface area contributed by atoms with Crippen molar-refractivity contribution in [2.75, 3.05) is 6.61 Å². The first-order valence-corrected chi connectivity index (χ1v) is 8.73. The second-order valence-electron chi connectivity index (χ2n) is 8.45. The van der Waals surface area contributed by atoms with Gasteiger partial charge in [-0.1, -0.05) is 60.6 Å². The Labute approximate surface area is 143 Å². The molecule has 1 heteroatoms. The van der Waals surface area contributed by atoms with Crippen LogP contribution in [-0.2, 0) is 17.3 Å². The summed E-state index contributed by atoms with van der Waals surface area (Å²) in [5.74, 6) is 7.75. The first-order chi connectivity index (χ1) is 10.5. The van der Waals surface area contributed by atoms with Gasteiger partial charge in [-0.25, -0.2) is 0 Å². The Kier molecular flexibility index (Phi) is 6.34. The van der Waals surface area contributed by atoms with E-state index < -0.39 is 0 Å². The van der Waals surface area contributed by atoms with Crippen LogP contribution in [0.1, 0.15) is 79.0 Å². The summed E-state index contributed by atoms with van der Waals surface area (Å²) in [6.07, 6.45) is 0.986. The molecular formula is C22H34O. The first-order valence-electron chi connectivity index (χ1n) is 8.73. The standard InChI is InChI=1S/C22H34O/c1-10-12-16(3)13-17-14-18(21(4,5)6)20(23-11-2)19(15-17)22(7,8)9/h14-16H,11,13H2,1-9H3. The summed E-state index contributed by atoms with van der Waals surface area (Å²) in [4.78, 5) is 0. The van der Waals surface area contributed by atoms with E-state index in [0.717, 1.165) is 12.2 Å². The van der Waals surface area contributed by atoms with Gasteiger partial charge in [-0.05, 0) is 36.7 Å². The monoisotopic (exact) mass is 314 g/mol. The zero-order valence-corrected chi connectivity index (χ0v) is 16.6. The maximum Gasteiger partial charge on any atom is 0.126 e. The molecule has 0 saturated heterocycles. The highest BCUT2D eigenvalue weighted by atomic mass is 16.5. The van der Waals surface area contributed by atoms with Crippen molar-refractivity contribution in [1.29, 1.82) is 0 Å². The predicted molar refractivity (Wildman–Crippen MR) is 101 cm³/mol. The second-order valence-corrected chi connectivity index (χ2v) is 8.45. The molecule has 0 N–H and O–H groups in total. The number of ether oxygens (including phenoxy) is 1. The molecule has 0 aromatic heterocycles. The van der Waals surface area contributed by atoms with Crippen LogP contribution in [0.2, 0.25) is 0 Å². The minimum atomic E-state index is 0.0557. The molecule has 0 aliphatic rings. The van der Waals surface area contributed by atoms with Gasteiger partial charge >= 0.3 is 0 Å². The van der Waals surface area contributed by atoms with Gasteiger partial charge in [0, 0.05) is 17.0 Å². The van der Waals surface area contributed by atoms with E-state index in [1.807, 2.05) is 6.92 Å². The Morgan fingerprint density at radius 3 is 1.83 bits per heavy atom. The Morgan fingerprint density at radius 1 is 1.00 bits per heavy atom. The Balaban J connectivity index is 3.54. The topological polar surface area (TPSA) is 9.23 Å². The summed E-state index contributed by atoms with van der Waals surface area (Å²) in [6.45, 7) is 20.4. The van der Waals surface area contributed by atoms with Crippen LogP contribution >= 0.6 is 0 Å². The predicted octanol–water partition coefficient (Wildman–Crippen LogP) is 5.88. The molecule has 1 unspecified atom stereocenters. The van der Waals surface area contributed by atoms with Gasteiger partial charge in [0.05, 0.1) is 6.61 Å². The molecule has 0 saturated carbocycles. The van der Waals surface area contributed by atoms with E-state index in [-0.39, 0.29) is 10.8 Å². The highest BCUT2D eigenvalue weighted by Gasteiger charge is 2.27. The largest absolute Gasteiger partial charge is 0.493 e. The molecule has 23 heavy (non-hydrogen) atoms. The lowest BCUT2D eigenvalue weighted by Gasteiger charge is -2.30. The van der Waals surface area contributed by atoms with E-state index in [9.17, 15) is 0 Å². The third kappa shape index (κ3) is 5.31. The fourth-order valence-electron chi connectivity index (χ4n) is 2.87. The van der Waals surface area contributed by atoms with E-state index >= 15 is 0 Å². The number of benzene rings is 1. The van der Waals surface area contributed by atoms with E-state index in [0.29, 0.717) is 12.5 Å². The lowest BCUT2D eigenvalue weighted by Crippen LogP contribution is -2.20. The molecular weight excluding hydrogens is 280 g/mol. The van der Waals surface area contributed by atoms with Crippen LogP contribution in [0.5, 0.6) is 5.75 Å². The fraction of sp³-hybridized carbons (Fsp3) is 0.636. The smallest absolute Gasteiger partial charge is 0.126 e. The average molecular weight is 315 g/mol. The van der Waals surface area contributed by atoms with Crippen molar-refractivity contribution in [3.63, 3.8) is 0 Å². The van der Waals surface area contributed by atoms with Crippen molar-refractivity contribution in [3.8, 4) is 17.6 Å². The third-order valence-corrected chi connectivity index (χ3v) is 3.99. The maximum atomic E-state index is 6.10. The van der Waals surface area contributed by atoms with Gasteiger partial charge in [0.15, 0.2) is 0 Å². The quantitative estimate of drug-likeness (QED) is 0.630. The van der Waals surface area contributed by atoms with Crippen LogP contribution in [0, 0.1) is 17.8 Å². The highest BCUT2D eigenvalue weighted by molar-refractivity contribution is 5.51. The van der Waals surface area contributed by atoms with Crippen LogP contribution in [0.3, 0.4) is 0 Å². The van der Waals surface area contributed by atoms with Gasteiger partial charge in [0.1, 0.15) is 5.75 Å². The molecule has 1 nitrogen and oxygen atoms in total. The summed E-state index contributed by atoms with van der Waals surface area (Å²) in [5, 5.41) is 0. The Bertz CT molecular complexity index is 550. The van der Waals surface area contributed by atoms with Crippen LogP contribution < -0.4 is 4.74 Å². The van der Waals surface area contributed by atoms with Gasteiger partial charge < -0.3 is 4.74 Å². The minimum Gasteiger partial charge on any atom is -0.493 e. The molecule has 0 bridgehead atoms. The maximum absolute atomic E-state index is 6.10. The summed E-state index contributed by atoms with van der Waals surface area (Å²) in [5.41, 5.74) is 4.08. The molecule has 1 aromatic rings. The molecule has 0 fully saturated rings. The van der Waals surface area contributed by atoms with E-state index in [2.05, 4.69) is 79.4 Å². The van der Waals surface area contributed by atoms with Crippen LogP contribution in [0.15, 0.2) is 12.1 Å². The average Bonchev–Trinajstić information content (AvgIpc) is 2.38. The third-order valence-electron chi connectivity index (χ3n) is 3.99. The van der Waals surface area contributed by atoms with Crippen molar-refractivity contribution in [3.05, 3.63) is 28.8 Å². The normalized spacial score (nSPS) is 13.3. The zero-order chi connectivity index (χ0) is 17.8. The van der Waals surface area contributed by atoms with Gasteiger partial charge in [-0.2, -0.15) is 0 Å². The Morgan fingerprint density at radius 2 is 1.48 bits per heavy atom. The van der Waals surface area contributed by atoms with Crippen molar-refractivity contribution < 1.29 is 4.74 Å². The number of hydrogen-bond donors (Lipinski definition) is 0. The molecule has 128 valence electrons. The van der Waals surface area contributed by atoms with Crippen molar-refractivity contribution in [2.24, 2.45) is 5.92 Å². The molecule has 0 amide bonds. The highest BCUT2D eigenvalue weighted by Crippen LogP contribution is 2.41. The molecule has 0 aliphatic carbocycles. The van der Waals surface area contributed by atoms with E-state index in [4.69, 9.17) is 4.74 Å². The summed E-state index contributed by atoms with van der Waals surface area (Å²) in [6, 6.07) is 4.65. The molecule has 1 atom stereocenters. The summed E-state index contributed by atoms with van der Waals surface area (Å²) >= 11 is 0. The molecule has 0 heterocycles. The van der Waals surface area contributed by atoms with E-state index in [1.54, 1.807) is 0 Å². The molecule has 1 rings (SSSR count). The van der Waals surface area contributed by atoms with E-state index in [1.165, 1.54) is 16.7 Å². The van der Waals surface area contributed by atoms with Crippen molar-refractivity contribution in [1.82, 2.24) is 0 Å². The van der Waals surface area contributed by atoms with Crippen molar-refractivity contribution in [2.45, 2.75) is 79.6 Å². The number of rotatable bonds is 4. The lowest BCUT2D eigenvalue weighted by molar-refractivity contribution is 0.319. The molecule has 1 aromatic carbocycles. The molecule has 0 aliphatic heterocycles. The van der Waals surface area contributed by atoms with Gasteiger partial charge in [0.2, 0.25) is 0 Å². The van der Waals surface area contributed by atoms with Crippen LogP contribution in [0.4, 0.5) is 0 Å². The fourth-order valence-corrected chi connectivity index (χ4v) is 2.87. The number of hydrogen-bond acceptors (Lipinski definition) is 1. The van der Waals surface area contributed by atoms with Gasteiger partial charge in [-0.15, -0.1) is 11.8 Å². The van der Waals surface area contributed by atoms with Gasteiger partial charge in [-0.3, -0.25) is 0 Å². The Hall–Kier alpha value is -1.42. The zero-order valence-electron chi connectivity index (χ0n) is 16.6. The van der Waals surface area contributed by atoms with Crippen LogP contribution in [-0.4, -0.2) is 6.61 Å². The SMILES string of the molecule is CC#CC(C)Cc1cc(C(C)(C)C)c(OCC)c(C(C)(C)C)c1. The summed E-state index contributed by atoms with van der Waals surface area (Å²) < 4.78 is 6.10. The molecule has 0 radical (unpaired) electrons. The summed E-state index contributed by atoms with van der Waals surface area (Å²) in [7, 11) is 0. The molecule has 0 spiro atoms. The second kappa shape index (κ2) is 7.43. The van der Waals surface area contributed by atoms with Gasteiger partial charge in [0.25, 0.3) is 0 Å². The van der Waals surface area contributed by atoms with Crippen molar-refractivity contribution >= 4 is 0 Å². The minimum absolute atomic E-state index is 0.0557. The lowest BCUT2D eigenvalue weighted by atomic mass is 9.77.